The molecule has 108 valence electrons. The molecule has 0 aliphatic carbocycles. The first kappa shape index (κ1) is 14.7. The van der Waals surface area contributed by atoms with Gasteiger partial charge in [-0.15, -0.1) is 0 Å². The zero-order valence-corrected chi connectivity index (χ0v) is 11.8. The number of methoxy groups -OCH3 is 1. The van der Waals surface area contributed by atoms with Crippen molar-refractivity contribution in [2.24, 2.45) is 5.10 Å². The minimum atomic E-state index is -0.595. The van der Waals surface area contributed by atoms with Crippen LogP contribution in [0.4, 0.5) is 4.39 Å². The molecule has 5 heteroatoms. The van der Waals surface area contributed by atoms with E-state index in [0.29, 0.717) is 11.5 Å². The summed E-state index contributed by atoms with van der Waals surface area (Å²) in [6.07, 6.45) is 0. The summed E-state index contributed by atoms with van der Waals surface area (Å²) in [6.45, 7) is 1.74. The van der Waals surface area contributed by atoms with E-state index in [2.05, 4.69) is 10.5 Å². The summed E-state index contributed by atoms with van der Waals surface area (Å²) < 4.78 is 18.7. The molecule has 1 N–H and O–H groups in total. The third-order valence-corrected chi connectivity index (χ3v) is 2.94. The number of ether oxygens (including phenoxy) is 1. The SMILES string of the molecule is COc1ccccc1/C(C)=N\NC(=O)c1ccccc1F. The normalized spacial score (nSPS) is 11.1. The van der Waals surface area contributed by atoms with Crippen molar-refractivity contribution in [3.63, 3.8) is 0 Å². The lowest BCUT2D eigenvalue weighted by molar-refractivity contribution is 0.0951. The standard InChI is InChI=1S/C16H15FN2O2/c1-11(12-7-4-6-10-15(12)21-2)18-19-16(20)13-8-3-5-9-14(13)17/h3-10H,1-2H3,(H,19,20)/b18-11-. The van der Waals surface area contributed by atoms with Crippen LogP contribution in [0.2, 0.25) is 0 Å². The fraction of sp³-hybridized carbons (Fsp3) is 0.125. The Labute approximate surface area is 122 Å². The van der Waals surface area contributed by atoms with Gasteiger partial charge in [0, 0.05) is 5.56 Å². The average Bonchev–Trinajstić information content (AvgIpc) is 2.52. The summed E-state index contributed by atoms with van der Waals surface area (Å²) in [7, 11) is 1.56. The summed E-state index contributed by atoms with van der Waals surface area (Å²) in [4.78, 5) is 11.9. The Balaban J connectivity index is 2.17. The van der Waals surface area contributed by atoms with E-state index in [1.54, 1.807) is 26.2 Å². The molecule has 1 amide bonds. The summed E-state index contributed by atoms with van der Waals surface area (Å²) in [6, 6.07) is 13.1. The van der Waals surface area contributed by atoms with Crippen LogP contribution in [0.3, 0.4) is 0 Å². The molecule has 2 aromatic rings. The lowest BCUT2D eigenvalue weighted by Crippen LogP contribution is -2.20. The number of nitrogens with zero attached hydrogens (tertiary/aromatic N) is 1. The van der Waals surface area contributed by atoms with Crippen molar-refractivity contribution in [1.82, 2.24) is 5.43 Å². The monoisotopic (exact) mass is 286 g/mol. The number of hydrogen-bond donors (Lipinski definition) is 1. The number of rotatable bonds is 4. The molecule has 0 fully saturated rings. The molecule has 0 bridgehead atoms. The van der Waals surface area contributed by atoms with Gasteiger partial charge in [0.15, 0.2) is 0 Å². The Bertz CT molecular complexity index is 683. The third-order valence-electron chi connectivity index (χ3n) is 2.94. The van der Waals surface area contributed by atoms with E-state index in [0.717, 1.165) is 5.56 Å². The van der Waals surface area contributed by atoms with Gasteiger partial charge in [-0.05, 0) is 31.2 Å². The molecule has 4 nitrogen and oxygen atoms in total. The number of para-hydroxylation sites is 1. The first-order chi connectivity index (χ1) is 10.1. The molecule has 0 aliphatic heterocycles. The predicted octanol–water partition coefficient (Wildman–Crippen LogP) is 2.99. The molecule has 0 aliphatic rings. The highest BCUT2D eigenvalue weighted by molar-refractivity contribution is 6.02. The summed E-state index contributed by atoms with van der Waals surface area (Å²) in [5.74, 6) is -0.526. The van der Waals surface area contributed by atoms with Crippen LogP contribution in [0.15, 0.2) is 53.6 Å². The molecule has 0 heterocycles. The Kier molecular flexibility index (Phi) is 4.66. The highest BCUT2D eigenvalue weighted by Gasteiger charge is 2.10. The van der Waals surface area contributed by atoms with E-state index in [4.69, 9.17) is 4.74 Å². The lowest BCUT2D eigenvalue weighted by Gasteiger charge is -2.08. The summed E-state index contributed by atoms with van der Waals surface area (Å²) in [5, 5.41) is 3.99. The van der Waals surface area contributed by atoms with Gasteiger partial charge in [-0.1, -0.05) is 24.3 Å². The van der Waals surface area contributed by atoms with Gasteiger partial charge in [0.25, 0.3) is 5.91 Å². The molecule has 0 radical (unpaired) electrons. The second-order valence-corrected chi connectivity index (χ2v) is 4.32. The van der Waals surface area contributed by atoms with Gasteiger partial charge in [0.05, 0.1) is 18.4 Å². The zero-order chi connectivity index (χ0) is 15.2. The van der Waals surface area contributed by atoms with Crippen molar-refractivity contribution >= 4 is 11.6 Å². The van der Waals surface area contributed by atoms with Crippen LogP contribution < -0.4 is 10.2 Å². The van der Waals surface area contributed by atoms with E-state index in [9.17, 15) is 9.18 Å². The minimum Gasteiger partial charge on any atom is -0.496 e. The Morgan fingerprint density at radius 1 is 1.10 bits per heavy atom. The second kappa shape index (κ2) is 6.65. The number of amides is 1. The first-order valence-corrected chi connectivity index (χ1v) is 6.36. The van der Waals surface area contributed by atoms with Crippen LogP contribution >= 0.6 is 0 Å². The smallest absolute Gasteiger partial charge is 0.274 e. The second-order valence-electron chi connectivity index (χ2n) is 4.32. The lowest BCUT2D eigenvalue weighted by atomic mass is 10.1. The molecular formula is C16H15FN2O2. The third kappa shape index (κ3) is 3.45. The molecular weight excluding hydrogens is 271 g/mol. The maximum Gasteiger partial charge on any atom is 0.274 e. The maximum atomic E-state index is 13.5. The minimum absolute atomic E-state index is 0.0472. The van der Waals surface area contributed by atoms with Crippen molar-refractivity contribution in [3.05, 3.63) is 65.5 Å². The zero-order valence-electron chi connectivity index (χ0n) is 11.8. The molecule has 0 spiro atoms. The van der Waals surface area contributed by atoms with Crippen LogP contribution in [0.1, 0.15) is 22.8 Å². The topological polar surface area (TPSA) is 50.7 Å². The molecule has 2 aromatic carbocycles. The Morgan fingerprint density at radius 3 is 2.38 bits per heavy atom. The van der Waals surface area contributed by atoms with Crippen molar-refractivity contribution in [2.75, 3.05) is 7.11 Å². The van der Waals surface area contributed by atoms with E-state index >= 15 is 0 Å². The van der Waals surface area contributed by atoms with E-state index in [1.807, 2.05) is 18.2 Å². The van der Waals surface area contributed by atoms with Gasteiger partial charge in [-0.2, -0.15) is 5.10 Å². The van der Waals surface area contributed by atoms with Crippen molar-refractivity contribution in [3.8, 4) is 5.75 Å². The largest absolute Gasteiger partial charge is 0.496 e. The van der Waals surface area contributed by atoms with Gasteiger partial charge in [-0.25, -0.2) is 9.82 Å². The van der Waals surface area contributed by atoms with Crippen LogP contribution in [-0.2, 0) is 0 Å². The number of nitrogens with one attached hydrogen (secondary N) is 1. The highest BCUT2D eigenvalue weighted by Crippen LogP contribution is 2.17. The number of benzene rings is 2. The molecule has 0 aromatic heterocycles. The van der Waals surface area contributed by atoms with Gasteiger partial charge in [0.1, 0.15) is 11.6 Å². The number of hydrogen-bond acceptors (Lipinski definition) is 3. The first-order valence-electron chi connectivity index (χ1n) is 6.36. The maximum absolute atomic E-state index is 13.5. The van der Waals surface area contributed by atoms with Crippen LogP contribution in [0, 0.1) is 5.82 Å². The number of halogens is 1. The van der Waals surface area contributed by atoms with E-state index < -0.39 is 11.7 Å². The number of hydrazone groups is 1. The Morgan fingerprint density at radius 2 is 1.71 bits per heavy atom. The molecule has 0 saturated carbocycles. The predicted molar refractivity (Wildman–Crippen MR) is 79.1 cm³/mol. The molecule has 0 atom stereocenters. The molecule has 21 heavy (non-hydrogen) atoms. The van der Waals surface area contributed by atoms with Gasteiger partial charge >= 0.3 is 0 Å². The molecule has 2 rings (SSSR count). The van der Waals surface area contributed by atoms with Gasteiger partial charge in [-0.3, -0.25) is 4.79 Å². The highest BCUT2D eigenvalue weighted by atomic mass is 19.1. The van der Waals surface area contributed by atoms with Crippen LogP contribution in [0.25, 0.3) is 0 Å². The van der Waals surface area contributed by atoms with Crippen molar-refractivity contribution < 1.29 is 13.9 Å². The van der Waals surface area contributed by atoms with E-state index in [1.165, 1.54) is 18.2 Å². The molecule has 0 saturated heterocycles. The van der Waals surface area contributed by atoms with Crippen LogP contribution in [0.5, 0.6) is 5.75 Å². The quantitative estimate of drug-likeness (QED) is 0.694. The molecule has 0 unspecified atom stereocenters. The van der Waals surface area contributed by atoms with E-state index in [-0.39, 0.29) is 5.56 Å². The fourth-order valence-corrected chi connectivity index (χ4v) is 1.84. The van der Waals surface area contributed by atoms with Crippen molar-refractivity contribution in [2.45, 2.75) is 6.92 Å². The van der Waals surface area contributed by atoms with Gasteiger partial charge < -0.3 is 4.74 Å². The van der Waals surface area contributed by atoms with Crippen molar-refractivity contribution in [1.29, 1.82) is 0 Å². The van der Waals surface area contributed by atoms with Gasteiger partial charge in [0.2, 0.25) is 0 Å². The average molecular weight is 286 g/mol. The number of carbonyl (C=O) groups excluding carboxylic acids is 1. The Hall–Kier alpha value is -2.69. The summed E-state index contributed by atoms with van der Waals surface area (Å²) >= 11 is 0. The summed E-state index contributed by atoms with van der Waals surface area (Å²) in [5.41, 5.74) is 3.62. The van der Waals surface area contributed by atoms with Crippen LogP contribution in [-0.4, -0.2) is 18.7 Å². The fourth-order valence-electron chi connectivity index (χ4n) is 1.84. The number of carbonyl (C=O) groups is 1.